The van der Waals surface area contributed by atoms with Crippen LogP contribution in [0.1, 0.15) is 5.56 Å². The first-order valence-corrected chi connectivity index (χ1v) is 8.56. The Morgan fingerprint density at radius 1 is 0.957 bits per heavy atom. The van der Waals surface area contributed by atoms with Gasteiger partial charge in [0.15, 0.2) is 0 Å². The van der Waals surface area contributed by atoms with E-state index in [4.69, 9.17) is 11.6 Å². The molecule has 0 amide bonds. The number of rotatable bonds is 3. The van der Waals surface area contributed by atoms with Gasteiger partial charge in [-0.3, -0.25) is 0 Å². The monoisotopic (exact) mass is 345 g/mol. The van der Waals surface area contributed by atoms with E-state index in [2.05, 4.69) is 4.40 Å². The first-order chi connectivity index (χ1) is 11.0. The largest absolute Gasteiger partial charge is 0.507 e. The van der Waals surface area contributed by atoms with E-state index in [0.717, 1.165) is 10.8 Å². The lowest BCUT2D eigenvalue weighted by Crippen LogP contribution is -1.98. The molecular formula is C17H12ClNO3S. The van der Waals surface area contributed by atoms with E-state index in [0.29, 0.717) is 10.6 Å². The van der Waals surface area contributed by atoms with Crippen LogP contribution in [0.15, 0.2) is 70.0 Å². The van der Waals surface area contributed by atoms with E-state index in [9.17, 15) is 13.5 Å². The molecule has 0 fully saturated rings. The predicted molar refractivity (Wildman–Crippen MR) is 91.8 cm³/mol. The summed E-state index contributed by atoms with van der Waals surface area (Å²) in [5.74, 6) is -0.0289. The lowest BCUT2D eigenvalue weighted by Gasteiger charge is -2.05. The molecule has 1 N–H and O–H groups in total. The van der Waals surface area contributed by atoms with Crippen LogP contribution in [0.2, 0.25) is 5.02 Å². The van der Waals surface area contributed by atoms with Crippen molar-refractivity contribution in [2.75, 3.05) is 0 Å². The number of benzene rings is 3. The summed E-state index contributed by atoms with van der Waals surface area (Å²) in [4.78, 5) is 0.0397. The second kappa shape index (κ2) is 6.02. The van der Waals surface area contributed by atoms with Crippen LogP contribution < -0.4 is 0 Å². The SMILES string of the molecule is O=S(=O)(N=Cc1c(O)ccc2ccccc12)c1ccc(Cl)cc1. The Bertz CT molecular complexity index is 996. The van der Waals surface area contributed by atoms with Gasteiger partial charge in [-0.2, -0.15) is 12.8 Å². The van der Waals surface area contributed by atoms with Crippen molar-refractivity contribution in [3.8, 4) is 5.75 Å². The number of sulfonamides is 1. The van der Waals surface area contributed by atoms with Gasteiger partial charge < -0.3 is 5.11 Å². The fourth-order valence-electron chi connectivity index (χ4n) is 2.21. The summed E-state index contributed by atoms with van der Waals surface area (Å²) in [5.41, 5.74) is 0.362. The Morgan fingerprint density at radius 2 is 1.65 bits per heavy atom. The van der Waals surface area contributed by atoms with Crippen LogP contribution in [0, 0.1) is 0 Å². The fraction of sp³-hybridized carbons (Fsp3) is 0. The normalized spacial score (nSPS) is 12.0. The number of halogens is 1. The van der Waals surface area contributed by atoms with Gasteiger partial charge >= 0.3 is 0 Å². The average Bonchev–Trinajstić information content (AvgIpc) is 2.54. The van der Waals surface area contributed by atoms with Crippen LogP contribution in [-0.2, 0) is 10.0 Å². The van der Waals surface area contributed by atoms with Crippen molar-refractivity contribution >= 4 is 38.6 Å². The summed E-state index contributed by atoms with van der Waals surface area (Å²) >= 11 is 5.75. The highest BCUT2D eigenvalue weighted by atomic mass is 35.5. The number of hydrogen-bond acceptors (Lipinski definition) is 3. The van der Waals surface area contributed by atoms with Crippen LogP contribution in [0.4, 0.5) is 0 Å². The standard InChI is InChI=1S/C17H12ClNO3S/c18-13-6-8-14(9-7-13)23(21,22)19-11-16-15-4-2-1-3-12(15)5-10-17(16)20/h1-11,20H. The molecule has 116 valence electrons. The molecule has 0 bridgehead atoms. The zero-order chi connectivity index (χ0) is 16.4. The molecule has 0 aromatic heterocycles. The summed E-state index contributed by atoms with van der Waals surface area (Å²) in [7, 11) is -3.86. The highest BCUT2D eigenvalue weighted by molar-refractivity contribution is 7.90. The molecule has 0 heterocycles. The van der Waals surface area contributed by atoms with Crippen LogP contribution in [0.3, 0.4) is 0 Å². The molecular weight excluding hydrogens is 334 g/mol. The molecule has 6 heteroatoms. The summed E-state index contributed by atoms with van der Waals surface area (Å²) in [6.07, 6.45) is 1.17. The highest BCUT2D eigenvalue weighted by Gasteiger charge is 2.12. The molecule has 0 unspecified atom stereocenters. The van der Waals surface area contributed by atoms with Gasteiger partial charge in [0.25, 0.3) is 10.0 Å². The summed E-state index contributed by atoms with van der Waals surface area (Å²) in [5, 5.41) is 12.1. The van der Waals surface area contributed by atoms with Crippen LogP contribution in [-0.4, -0.2) is 19.7 Å². The van der Waals surface area contributed by atoms with Gasteiger partial charge in [0.05, 0.1) is 11.1 Å². The van der Waals surface area contributed by atoms with Gasteiger partial charge in [0.1, 0.15) is 5.75 Å². The van der Waals surface area contributed by atoms with Gasteiger partial charge in [0, 0.05) is 10.6 Å². The fourth-order valence-corrected chi connectivity index (χ4v) is 3.18. The lowest BCUT2D eigenvalue weighted by atomic mass is 10.0. The molecule has 0 spiro atoms. The van der Waals surface area contributed by atoms with Crippen LogP contribution in [0.25, 0.3) is 10.8 Å². The second-order valence-corrected chi connectivity index (χ2v) is 6.95. The maximum Gasteiger partial charge on any atom is 0.282 e. The number of aromatic hydroxyl groups is 1. The second-order valence-electron chi connectivity index (χ2n) is 4.88. The molecule has 0 aliphatic rings. The third kappa shape index (κ3) is 3.21. The maximum absolute atomic E-state index is 12.2. The van der Waals surface area contributed by atoms with Crippen molar-refractivity contribution in [1.29, 1.82) is 0 Å². The predicted octanol–water partition coefficient (Wildman–Crippen LogP) is 4.01. The summed E-state index contributed by atoms with van der Waals surface area (Å²) < 4.78 is 28.2. The van der Waals surface area contributed by atoms with Crippen molar-refractivity contribution in [3.05, 3.63) is 71.2 Å². The van der Waals surface area contributed by atoms with E-state index >= 15 is 0 Å². The van der Waals surface area contributed by atoms with Gasteiger partial charge in [-0.15, -0.1) is 0 Å². The van der Waals surface area contributed by atoms with Crippen molar-refractivity contribution < 1.29 is 13.5 Å². The third-order valence-corrected chi connectivity index (χ3v) is 4.88. The van der Waals surface area contributed by atoms with Crippen molar-refractivity contribution in [3.63, 3.8) is 0 Å². The first kappa shape index (κ1) is 15.5. The van der Waals surface area contributed by atoms with Crippen molar-refractivity contribution in [2.24, 2.45) is 4.40 Å². The molecule has 0 saturated heterocycles. The Hall–Kier alpha value is -2.37. The van der Waals surface area contributed by atoms with Crippen molar-refractivity contribution in [2.45, 2.75) is 4.90 Å². The van der Waals surface area contributed by atoms with Gasteiger partial charge in [-0.1, -0.05) is 41.9 Å². The van der Waals surface area contributed by atoms with Crippen LogP contribution in [0.5, 0.6) is 5.75 Å². The Kier molecular flexibility index (Phi) is 4.07. The molecule has 0 saturated carbocycles. The molecule has 0 aliphatic heterocycles. The first-order valence-electron chi connectivity index (χ1n) is 6.74. The number of phenolic OH excluding ortho intramolecular Hbond substituents is 1. The van der Waals surface area contributed by atoms with Gasteiger partial charge in [0.2, 0.25) is 0 Å². The smallest absolute Gasteiger partial charge is 0.282 e. The maximum atomic E-state index is 12.2. The zero-order valence-corrected chi connectivity index (χ0v) is 13.4. The molecule has 3 aromatic carbocycles. The van der Waals surface area contributed by atoms with Crippen molar-refractivity contribution in [1.82, 2.24) is 0 Å². The minimum Gasteiger partial charge on any atom is -0.507 e. The van der Waals surface area contributed by atoms with Gasteiger partial charge in [-0.25, -0.2) is 0 Å². The van der Waals surface area contributed by atoms with E-state index in [1.54, 1.807) is 12.1 Å². The molecule has 23 heavy (non-hydrogen) atoms. The van der Waals surface area contributed by atoms with E-state index in [1.165, 1.54) is 36.5 Å². The lowest BCUT2D eigenvalue weighted by molar-refractivity contribution is 0.475. The quantitative estimate of drug-likeness (QED) is 0.729. The van der Waals surface area contributed by atoms with E-state index in [1.807, 2.05) is 18.2 Å². The summed E-state index contributed by atoms with van der Waals surface area (Å²) in [6.45, 7) is 0. The molecule has 0 radical (unpaired) electrons. The minimum atomic E-state index is -3.86. The molecule has 4 nitrogen and oxygen atoms in total. The summed E-state index contributed by atoms with van der Waals surface area (Å²) in [6, 6.07) is 16.4. The number of nitrogens with zero attached hydrogens (tertiary/aromatic N) is 1. The molecule has 3 aromatic rings. The number of hydrogen-bond donors (Lipinski definition) is 1. The van der Waals surface area contributed by atoms with Gasteiger partial charge in [-0.05, 0) is 41.1 Å². The molecule has 3 rings (SSSR count). The number of phenols is 1. The zero-order valence-electron chi connectivity index (χ0n) is 11.8. The topological polar surface area (TPSA) is 66.7 Å². The number of fused-ring (bicyclic) bond motifs is 1. The highest BCUT2D eigenvalue weighted by Crippen LogP contribution is 2.26. The Labute approximate surface area is 138 Å². The average molecular weight is 346 g/mol. The Balaban J connectivity index is 2.06. The third-order valence-electron chi connectivity index (χ3n) is 3.38. The minimum absolute atomic E-state index is 0.0289. The van der Waals surface area contributed by atoms with Crippen LogP contribution >= 0.6 is 11.6 Å². The molecule has 0 aliphatic carbocycles. The van der Waals surface area contributed by atoms with E-state index in [-0.39, 0.29) is 10.6 Å². The Morgan fingerprint density at radius 3 is 2.39 bits per heavy atom. The van der Waals surface area contributed by atoms with E-state index < -0.39 is 10.0 Å². The molecule has 0 atom stereocenters.